The molecule has 4 rings (SSSR count). The summed E-state index contributed by atoms with van der Waals surface area (Å²) in [5.41, 5.74) is 4.70. The van der Waals surface area contributed by atoms with Gasteiger partial charge in [-0.3, -0.25) is 4.79 Å². The molecule has 122 valence electrons. The first-order chi connectivity index (χ1) is 11.8. The number of nitrogens with zero attached hydrogens (tertiary/aromatic N) is 1. The molecule has 1 heterocycles. The number of carbonyl (C=O) groups excluding carboxylic acids is 1. The van der Waals surface area contributed by atoms with Crippen LogP contribution in [0, 0.1) is 5.92 Å². The Labute approximate surface area is 140 Å². The molecule has 5 nitrogen and oxygen atoms in total. The van der Waals surface area contributed by atoms with Crippen molar-refractivity contribution in [2.45, 2.75) is 12.3 Å². The van der Waals surface area contributed by atoms with E-state index >= 15 is 0 Å². The van der Waals surface area contributed by atoms with Crippen molar-refractivity contribution in [3.8, 4) is 11.5 Å². The Morgan fingerprint density at radius 3 is 2.71 bits per heavy atom. The van der Waals surface area contributed by atoms with Crippen LogP contribution in [0.25, 0.3) is 0 Å². The fraction of sp³-hybridized carbons (Fsp3) is 0.263. The van der Waals surface area contributed by atoms with Gasteiger partial charge in [0, 0.05) is 5.92 Å². The van der Waals surface area contributed by atoms with Crippen molar-refractivity contribution in [2.75, 3.05) is 13.2 Å². The predicted molar refractivity (Wildman–Crippen MR) is 90.5 cm³/mol. The van der Waals surface area contributed by atoms with Gasteiger partial charge in [-0.05, 0) is 41.7 Å². The SMILES string of the molecule is O=C(N/N=C\c1ccc2c(c1)OCCO2)[C@H]1C[C@@H]1c1ccccc1. The number of fused-ring (bicyclic) bond motifs is 1. The van der Waals surface area contributed by atoms with Crippen molar-refractivity contribution in [2.24, 2.45) is 11.0 Å². The second-order valence-electron chi connectivity index (χ2n) is 6.00. The van der Waals surface area contributed by atoms with Crippen molar-refractivity contribution >= 4 is 12.1 Å². The highest BCUT2D eigenvalue weighted by atomic mass is 16.6. The van der Waals surface area contributed by atoms with Crippen LogP contribution in [-0.2, 0) is 4.79 Å². The van der Waals surface area contributed by atoms with Gasteiger partial charge >= 0.3 is 0 Å². The molecule has 0 radical (unpaired) electrons. The van der Waals surface area contributed by atoms with E-state index in [4.69, 9.17) is 9.47 Å². The van der Waals surface area contributed by atoms with Crippen molar-refractivity contribution < 1.29 is 14.3 Å². The molecule has 1 amide bonds. The third-order valence-corrected chi connectivity index (χ3v) is 4.31. The smallest absolute Gasteiger partial charge is 0.243 e. The lowest BCUT2D eigenvalue weighted by molar-refractivity contribution is -0.122. The van der Waals surface area contributed by atoms with Crippen molar-refractivity contribution in [1.29, 1.82) is 0 Å². The molecule has 5 heteroatoms. The molecule has 0 spiro atoms. The van der Waals surface area contributed by atoms with E-state index in [0.29, 0.717) is 24.9 Å². The molecule has 1 N–H and O–H groups in total. The van der Waals surface area contributed by atoms with Gasteiger partial charge in [0.2, 0.25) is 5.91 Å². The minimum Gasteiger partial charge on any atom is -0.486 e. The third kappa shape index (κ3) is 3.11. The van der Waals surface area contributed by atoms with E-state index in [2.05, 4.69) is 22.7 Å². The summed E-state index contributed by atoms with van der Waals surface area (Å²) in [7, 11) is 0. The Morgan fingerprint density at radius 1 is 1.08 bits per heavy atom. The fourth-order valence-electron chi connectivity index (χ4n) is 2.95. The number of hydrogen-bond acceptors (Lipinski definition) is 4. The monoisotopic (exact) mass is 322 g/mol. The van der Waals surface area contributed by atoms with Crippen LogP contribution in [0.1, 0.15) is 23.5 Å². The van der Waals surface area contributed by atoms with Crippen LogP contribution < -0.4 is 14.9 Å². The molecule has 2 aliphatic rings. The Balaban J connectivity index is 1.34. The lowest BCUT2D eigenvalue weighted by Crippen LogP contribution is -2.20. The summed E-state index contributed by atoms with van der Waals surface area (Å²) in [5.74, 6) is 1.76. The molecule has 0 aromatic heterocycles. The lowest BCUT2D eigenvalue weighted by Gasteiger charge is -2.18. The van der Waals surface area contributed by atoms with E-state index in [0.717, 1.165) is 17.7 Å². The van der Waals surface area contributed by atoms with Gasteiger partial charge in [-0.2, -0.15) is 5.10 Å². The standard InChI is InChI=1S/C19H18N2O3/c22-19(16-11-15(16)14-4-2-1-3-5-14)21-20-12-13-6-7-17-18(10-13)24-9-8-23-17/h1-7,10,12,15-16H,8-9,11H2,(H,21,22)/b20-12-/t15-,16+/m1/s1. The number of hydrazone groups is 1. The second kappa shape index (κ2) is 6.35. The fourth-order valence-corrected chi connectivity index (χ4v) is 2.95. The molecule has 0 bridgehead atoms. The molecule has 1 fully saturated rings. The largest absolute Gasteiger partial charge is 0.486 e. The maximum atomic E-state index is 12.1. The Bertz CT molecular complexity index is 773. The second-order valence-corrected chi connectivity index (χ2v) is 6.00. The molecule has 0 unspecified atom stereocenters. The number of carbonyl (C=O) groups is 1. The minimum atomic E-state index is -0.0300. The molecule has 1 aliphatic carbocycles. The first-order valence-electron chi connectivity index (χ1n) is 8.09. The average Bonchev–Trinajstić information content (AvgIpc) is 3.43. The van der Waals surface area contributed by atoms with Crippen molar-refractivity contribution in [3.05, 3.63) is 59.7 Å². The van der Waals surface area contributed by atoms with Crippen LogP contribution in [0.3, 0.4) is 0 Å². The Kier molecular flexibility index (Phi) is 3.91. The third-order valence-electron chi connectivity index (χ3n) is 4.31. The van der Waals surface area contributed by atoms with E-state index in [1.807, 2.05) is 36.4 Å². The summed E-state index contributed by atoms with van der Waals surface area (Å²) in [4.78, 5) is 12.1. The summed E-state index contributed by atoms with van der Waals surface area (Å²) in [6.45, 7) is 1.12. The van der Waals surface area contributed by atoms with Crippen LogP contribution in [0.15, 0.2) is 53.6 Å². The highest BCUT2D eigenvalue weighted by molar-refractivity contribution is 5.86. The molecular weight excluding hydrogens is 304 g/mol. The first-order valence-corrected chi connectivity index (χ1v) is 8.09. The van der Waals surface area contributed by atoms with Gasteiger partial charge in [0.15, 0.2) is 11.5 Å². The summed E-state index contributed by atoms with van der Waals surface area (Å²) in [6, 6.07) is 15.7. The van der Waals surface area contributed by atoms with Gasteiger partial charge in [0.1, 0.15) is 13.2 Å². The summed E-state index contributed by atoms with van der Waals surface area (Å²) in [6.07, 6.45) is 2.51. The van der Waals surface area contributed by atoms with E-state index in [1.165, 1.54) is 5.56 Å². The molecule has 2 aromatic rings. The van der Waals surface area contributed by atoms with Gasteiger partial charge in [-0.25, -0.2) is 5.43 Å². The maximum Gasteiger partial charge on any atom is 0.243 e. The molecule has 0 saturated heterocycles. The zero-order valence-corrected chi connectivity index (χ0v) is 13.1. The number of benzene rings is 2. The van der Waals surface area contributed by atoms with Crippen LogP contribution in [0.5, 0.6) is 11.5 Å². The molecular formula is C19H18N2O3. The number of amides is 1. The average molecular weight is 322 g/mol. The lowest BCUT2D eigenvalue weighted by atomic mass is 10.1. The van der Waals surface area contributed by atoms with Crippen LogP contribution in [0.2, 0.25) is 0 Å². The molecule has 24 heavy (non-hydrogen) atoms. The summed E-state index contributed by atoms with van der Waals surface area (Å²) < 4.78 is 11.0. The van der Waals surface area contributed by atoms with E-state index in [9.17, 15) is 4.79 Å². The number of rotatable bonds is 4. The predicted octanol–water partition coefficient (Wildman–Crippen LogP) is 2.71. The highest BCUT2D eigenvalue weighted by Crippen LogP contribution is 2.47. The summed E-state index contributed by atoms with van der Waals surface area (Å²) in [5, 5.41) is 4.06. The van der Waals surface area contributed by atoms with Gasteiger partial charge in [-0.15, -0.1) is 0 Å². The van der Waals surface area contributed by atoms with Crippen molar-refractivity contribution in [3.63, 3.8) is 0 Å². The molecule has 1 saturated carbocycles. The molecule has 1 aliphatic heterocycles. The highest BCUT2D eigenvalue weighted by Gasteiger charge is 2.43. The Morgan fingerprint density at radius 2 is 1.88 bits per heavy atom. The minimum absolute atomic E-state index is 0.0183. The Hall–Kier alpha value is -2.82. The normalized spacial score (nSPS) is 21.5. The number of nitrogens with one attached hydrogen (secondary N) is 1. The van der Waals surface area contributed by atoms with Gasteiger partial charge < -0.3 is 9.47 Å². The quantitative estimate of drug-likeness (QED) is 0.695. The van der Waals surface area contributed by atoms with Gasteiger partial charge in [0.25, 0.3) is 0 Å². The first kappa shape index (κ1) is 14.8. The van der Waals surface area contributed by atoms with Gasteiger partial charge in [-0.1, -0.05) is 30.3 Å². The molecule has 2 atom stereocenters. The molecule has 2 aromatic carbocycles. The van der Waals surface area contributed by atoms with Crippen LogP contribution in [-0.4, -0.2) is 25.3 Å². The number of ether oxygens (including phenoxy) is 2. The zero-order valence-electron chi connectivity index (χ0n) is 13.1. The number of hydrogen-bond donors (Lipinski definition) is 1. The van der Waals surface area contributed by atoms with Gasteiger partial charge in [0.05, 0.1) is 6.21 Å². The summed E-state index contributed by atoms with van der Waals surface area (Å²) >= 11 is 0. The van der Waals surface area contributed by atoms with Crippen LogP contribution in [0.4, 0.5) is 0 Å². The topological polar surface area (TPSA) is 59.9 Å². The van der Waals surface area contributed by atoms with E-state index in [-0.39, 0.29) is 11.8 Å². The van der Waals surface area contributed by atoms with Crippen LogP contribution >= 0.6 is 0 Å². The van der Waals surface area contributed by atoms with E-state index < -0.39 is 0 Å². The van der Waals surface area contributed by atoms with E-state index in [1.54, 1.807) is 6.21 Å². The zero-order chi connectivity index (χ0) is 16.4. The van der Waals surface area contributed by atoms with Crippen molar-refractivity contribution in [1.82, 2.24) is 5.43 Å². The maximum absolute atomic E-state index is 12.1.